The van der Waals surface area contributed by atoms with Gasteiger partial charge in [-0.2, -0.15) is 4.31 Å². The normalized spacial score (nSPS) is 12.2. The molecular formula is C23H33N3O3S. The smallest absolute Gasteiger partial charge is 0.238 e. The quantitative estimate of drug-likeness (QED) is 0.545. The molecule has 0 aliphatic carbocycles. The van der Waals surface area contributed by atoms with Gasteiger partial charge in [0.2, 0.25) is 15.9 Å². The fraction of sp³-hybridized carbons (Fsp3) is 0.435. The molecule has 0 N–H and O–H groups in total. The average Bonchev–Trinajstić information content (AvgIpc) is 3.10. The van der Waals surface area contributed by atoms with Gasteiger partial charge in [0.25, 0.3) is 0 Å². The van der Waals surface area contributed by atoms with Crippen LogP contribution in [-0.4, -0.2) is 47.7 Å². The van der Waals surface area contributed by atoms with Crippen molar-refractivity contribution >= 4 is 22.0 Å². The van der Waals surface area contributed by atoms with Gasteiger partial charge < -0.3 is 9.47 Å². The summed E-state index contributed by atoms with van der Waals surface area (Å²) in [6.45, 7) is 7.18. The Balaban J connectivity index is 2.18. The van der Waals surface area contributed by atoms with Gasteiger partial charge in [0.05, 0.1) is 13.1 Å². The van der Waals surface area contributed by atoms with E-state index in [9.17, 15) is 13.2 Å². The molecule has 0 aliphatic rings. The molecule has 1 aromatic heterocycles. The number of carbonyl (C=O) groups is 1. The molecule has 1 heterocycles. The van der Waals surface area contributed by atoms with E-state index < -0.39 is 10.0 Å². The third kappa shape index (κ3) is 7.15. The second-order valence-electron chi connectivity index (χ2n) is 7.87. The number of hydrogen-bond donors (Lipinski definition) is 0. The highest BCUT2D eigenvalue weighted by atomic mass is 32.2. The molecule has 0 unspecified atom stereocenters. The van der Waals surface area contributed by atoms with Gasteiger partial charge in [-0.3, -0.25) is 4.79 Å². The molecular weight excluding hydrogens is 398 g/mol. The molecule has 2 aromatic rings. The van der Waals surface area contributed by atoms with Gasteiger partial charge in [0.15, 0.2) is 0 Å². The summed E-state index contributed by atoms with van der Waals surface area (Å²) in [7, 11) is -1.77. The van der Waals surface area contributed by atoms with Gasteiger partial charge in [0, 0.05) is 37.4 Å². The summed E-state index contributed by atoms with van der Waals surface area (Å²) >= 11 is 0. The van der Waals surface area contributed by atoms with Crippen molar-refractivity contribution in [2.24, 2.45) is 13.0 Å². The Morgan fingerprint density at radius 3 is 2.40 bits per heavy atom. The van der Waals surface area contributed by atoms with Crippen LogP contribution in [0.25, 0.3) is 6.08 Å². The SMILES string of the molecule is CCCN(CC(=O)N(Cc1cccn1C)CC(C)C)S(=O)(=O)/C=C/c1ccccc1. The summed E-state index contributed by atoms with van der Waals surface area (Å²) in [4.78, 5) is 14.9. The first-order valence-electron chi connectivity index (χ1n) is 10.3. The van der Waals surface area contributed by atoms with Crippen LogP contribution in [0, 0.1) is 5.92 Å². The molecule has 0 atom stereocenters. The number of rotatable bonds is 11. The van der Waals surface area contributed by atoms with E-state index in [1.54, 1.807) is 11.0 Å². The lowest BCUT2D eigenvalue weighted by Gasteiger charge is -2.28. The van der Waals surface area contributed by atoms with Gasteiger partial charge >= 0.3 is 0 Å². The molecule has 1 amide bonds. The first kappa shape index (κ1) is 23.9. The second-order valence-corrected chi connectivity index (χ2v) is 9.69. The number of nitrogens with zero attached hydrogens (tertiary/aromatic N) is 3. The Hall–Kier alpha value is -2.38. The van der Waals surface area contributed by atoms with Gasteiger partial charge in [0.1, 0.15) is 0 Å². The monoisotopic (exact) mass is 431 g/mol. The molecule has 30 heavy (non-hydrogen) atoms. The van der Waals surface area contributed by atoms with Crippen molar-refractivity contribution < 1.29 is 13.2 Å². The van der Waals surface area contributed by atoms with E-state index in [1.807, 2.05) is 67.2 Å². The lowest BCUT2D eigenvalue weighted by Crippen LogP contribution is -2.43. The van der Waals surface area contributed by atoms with Crippen molar-refractivity contribution in [2.75, 3.05) is 19.6 Å². The van der Waals surface area contributed by atoms with Gasteiger partial charge in [-0.25, -0.2) is 8.42 Å². The van der Waals surface area contributed by atoms with Crippen molar-refractivity contribution in [3.63, 3.8) is 0 Å². The highest BCUT2D eigenvalue weighted by molar-refractivity contribution is 7.92. The standard InChI is InChI=1S/C23H33N3O3S/c1-5-14-26(30(28,29)16-13-21-10-7-6-8-11-21)19-23(27)25(17-20(2)3)18-22-12-9-15-24(22)4/h6-13,15-16,20H,5,14,17-19H2,1-4H3/b16-13+. The molecule has 6 nitrogen and oxygen atoms in total. The lowest BCUT2D eigenvalue weighted by molar-refractivity contribution is -0.132. The number of sulfonamides is 1. The third-order valence-corrected chi connectivity index (χ3v) is 6.23. The fourth-order valence-corrected chi connectivity index (χ4v) is 4.39. The molecule has 0 spiro atoms. The average molecular weight is 432 g/mol. The summed E-state index contributed by atoms with van der Waals surface area (Å²) in [5.74, 6) is 0.0958. The predicted octanol–water partition coefficient (Wildman–Crippen LogP) is 3.72. The van der Waals surface area contributed by atoms with Gasteiger partial charge in [-0.1, -0.05) is 51.1 Å². The van der Waals surface area contributed by atoms with E-state index in [4.69, 9.17) is 0 Å². The fourth-order valence-electron chi connectivity index (χ4n) is 3.16. The van der Waals surface area contributed by atoms with Crippen LogP contribution in [0.4, 0.5) is 0 Å². The Bertz CT molecular complexity index is 934. The minimum Gasteiger partial charge on any atom is -0.353 e. The molecule has 0 saturated carbocycles. The molecule has 0 aliphatic heterocycles. The number of carbonyl (C=O) groups excluding carboxylic acids is 1. The summed E-state index contributed by atoms with van der Waals surface area (Å²) in [6, 6.07) is 13.2. The predicted molar refractivity (Wildman–Crippen MR) is 122 cm³/mol. The Labute approximate surface area is 180 Å². The van der Waals surface area contributed by atoms with Crippen LogP contribution in [0.15, 0.2) is 54.1 Å². The van der Waals surface area contributed by atoms with E-state index in [0.717, 1.165) is 11.3 Å². The number of benzene rings is 1. The Kier molecular flexibility index (Phi) is 8.87. The van der Waals surface area contributed by atoms with Crippen LogP contribution in [0.1, 0.15) is 38.4 Å². The first-order valence-corrected chi connectivity index (χ1v) is 11.8. The van der Waals surface area contributed by atoms with E-state index in [0.29, 0.717) is 26.1 Å². The van der Waals surface area contributed by atoms with Crippen molar-refractivity contribution in [1.29, 1.82) is 0 Å². The van der Waals surface area contributed by atoms with Crippen LogP contribution in [0.2, 0.25) is 0 Å². The first-order chi connectivity index (χ1) is 14.2. The van der Waals surface area contributed by atoms with Crippen LogP contribution in [0.5, 0.6) is 0 Å². The molecule has 1 aromatic carbocycles. The molecule has 164 valence electrons. The number of aryl methyl sites for hydroxylation is 1. The van der Waals surface area contributed by atoms with Crippen molar-refractivity contribution in [2.45, 2.75) is 33.7 Å². The number of amides is 1. The molecule has 7 heteroatoms. The van der Waals surface area contributed by atoms with Crippen LogP contribution in [-0.2, 0) is 28.4 Å². The largest absolute Gasteiger partial charge is 0.353 e. The van der Waals surface area contributed by atoms with Gasteiger partial charge in [-0.05, 0) is 36.1 Å². The van der Waals surface area contributed by atoms with Crippen molar-refractivity contribution in [3.05, 3.63) is 65.3 Å². The zero-order chi connectivity index (χ0) is 22.1. The maximum atomic E-state index is 13.1. The summed E-state index contributed by atoms with van der Waals surface area (Å²) < 4.78 is 29.1. The van der Waals surface area contributed by atoms with E-state index in [2.05, 4.69) is 13.8 Å². The van der Waals surface area contributed by atoms with Crippen LogP contribution < -0.4 is 0 Å². The van der Waals surface area contributed by atoms with Crippen molar-refractivity contribution in [3.8, 4) is 0 Å². The van der Waals surface area contributed by atoms with E-state index in [1.165, 1.54) is 9.71 Å². The van der Waals surface area contributed by atoms with Crippen molar-refractivity contribution in [1.82, 2.24) is 13.8 Å². The highest BCUT2D eigenvalue weighted by Gasteiger charge is 2.25. The summed E-state index contributed by atoms with van der Waals surface area (Å²) in [5.41, 5.74) is 1.81. The van der Waals surface area contributed by atoms with Crippen LogP contribution >= 0.6 is 0 Å². The minimum absolute atomic E-state index is 0.160. The maximum Gasteiger partial charge on any atom is 0.238 e. The molecule has 2 rings (SSSR count). The molecule has 0 bridgehead atoms. The number of aromatic nitrogens is 1. The molecule has 0 fully saturated rings. The van der Waals surface area contributed by atoms with Gasteiger partial charge in [-0.15, -0.1) is 0 Å². The summed E-state index contributed by atoms with van der Waals surface area (Å²) in [5, 5.41) is 1.19. The Morgan fingerprint density at radius 2 is 1.83 bits per heavy atom. The van der Waals surface area contributed by atoms with E-state index in [-0.39, 0.29) is 18.4 Å². The second kappa shape index (κ2) is 11.1. The minimum atomic E-state index is -3.71. The summed E-state index contributed by atoms with van der Waals surface area (Å²) in [6.07, 6.45) is 4.14. The van der Waals surface area contributed by atoms with Crippen LogP contribution in [0.3, 0.4) is 0 Å². The topological polar surface area (TPSA) is 62.6 Å². The third-order valence-electron chi connectivity index (χ3n) is 4.72. The maximum absolute atomic E-state index is 13.1. The highest BCUT2D eigenvalue weighted by Crippen LogP contribution is 2.13. The molecule has 0 saturated heterocycles. The lowest BCUT2D eigenvalue weighted by atomic mass is 10.2. The van der Waals surface area contributed by atoms with E-state index >= 15 is 0 Å². The zero-order valence-electron chi connectivity index (χ0n) is 18.4. The zero-order valence-corrected chi connectivity index (χ0v) is 19.2. The number of hydrogen-bond acceptors (Lipinski definition) is 3. The Morgan fingerprint density at radius 1 is 1.13 bits per heavy atom. The molecule has 0 radical (unpaired) electrons.